The summed E-state index contributed by atoms with van der Waals surface area (Å²) in [5.41, 5.74) is 3.21. The minimum absolute atomic E-state index is 0.0285. The summed E-state index contributed by atoms with van der Waals surface area (Å²) in [5, 5.41) is 6.31. The van der Waals surface area contributed by atoms with Gasteiger partial charge in [-0.25, -0.2) is 0 Å². The van der Waals surface area contributed by atoms with Gasteiger partial charge in [0.15, 0.2) is 5.96 Å². The quantitative estimate of drug-likeness (QED) is 0.585. The fourth-order valence-corrected chi connectivity index (χ4v) is 3.89. The van der Waals surface area contributed by atoms with E-state index in [2.05, 4.69) is 50.9 Å². The Morgan fingerprint density at radius 2 is 1.76 bits per heavy atom. The van der Waals surface area contributed by atoms with Crippen LogP contribution in [0.4, 0.5) is 0 Å². The van der Waals surface area contributed by atoms with Crippen molar-refractivity contribution in [1.82, 2.24) is 15.5 Å². The lowest BCUT2D eigenvalue weighted by atomic mass is 9.90. The van der Waals surface area contributed by atoms with E-state index in [1.807, 2.05) is 38.2 Å². The average Bonchev–Trinajstić information content (AvgIpc) is 2.76. The zero-order chi connectivity index (χ0) is 20.5. The van der Waals surface area contributed by atoms with Crippen molar-refractivity contribution in [2.45, 2.75) is 32.7 Å². The Balaban J connectivity index is 1.50. The molecule has 1 aliphatic heterocycles. The highest BCUT2D eigenvalue weighted by Gasteiger charge is 2.21. The summed E-state index contributed by atoms with van der Waals surface area (Å²) in [6, 6.07) is 18.5. The maximum Gasteiger partial charge on any atom is 0.251 e. The number of nitrogens with one attached hydrogen (secondary N) is 2. The molecule has 2 N–H and O–H groups in total. The van der Waals surface area contributed by atoms with Crippen LogP contribution >= 0.6 is 0 Å². The SMILES string of the molecule is CCNC(=O)c1cccc(CNC(=NC)N2CCC(Cc3ccccc3)CC2)c1. The number of rotatable bonds is 6. The minimum Gasteiger partial charge on any atom is -0.352 e. The van der Waals surface area contributed by atoms with Crippen molar-refractivity contribution in [1.29, 1.82) is 0 Å². The van der Waals surface area contributed by atoms with Crippen molar-refractivity contribution in [3.05, 3.63) is 71.3 Å². The highest BCUT2D eigenvalue weighted by atomic mass is 16.1. The van der Waals surface area contributed by atoms with Crippen LogP contribution in [0.15, 0.2) is 59.6 Å². The third kappa shape index (κ3) is 6.08. The smallest absolute Gasteiger partial charge is 0.251 e. The van der Waals surface area contributed by atoms with Crippen molar-refractivity contribution in [3.63, 3.8) is 0 Å². The summed E-state index contributed by atoms with van der Waals surface area (Å²) in [6.45, 7) is 5.26. The highest BCUT2D eigenvalue weighted by molar-refractivity contribution is 5.94. The Bertz CT molecular complexity index is 811. The number of hydrogen-bond donors (Lipinski definition) is 2. The van der Waals surface area contributed by atoms with E-state index in [1.54, 1.807) is 0 Å². The number of likely N-dealkylation sites (tertiary alicyclic amines) is 1. The Hall–Kier alpha value is -2.82. The summed E-state index contributed by atoms with van der Waals surface area (Å²) in [4.78, 5) is 18.9. The molecule has 0 unspecified atom stereocenters. The number of aliphatic imine (C=N–C) groups is 1. The maximum absolute atomic E-state index is 12.0. The normalized spacial score (nSPS) is 15.2. The van der Waals surface area contributed by atoms with Crippen LogP contribution in [0.5, 0.6) is 0 Å². The largest absolute Gasteiger partial charge is 0.352 e. The van der Waals surface area contributed by atoms with Gasteiger partial charge in [0.25, 0.3) is 5.91 Å². The number of nitrogens with zero attached hydrogens (tertiary/aromatic N) is 2. The molecule has 0 spiro atoms. The van der Waals surface area contributed by atoms with E-state index in [9.17, 15) is 4.79 Å². The molecule has 1 heterocycles. The molecule has 0 saturated carbocycles. The first-order chi connectivity index (χ1) is 14.2. The molecular weight excluding hydrogens is 360 g/mol. The maximum atomic E-state index is 12.0. The van der Waals surface area contributed by atoms with Crippen LogP contribution in [0.25, 0.3) is 0 Å². The van der Waals surface area contributed by atoms with E-state index < -0.39 is 0 Å². The molecule has 5 heteroatoms. The lowest BCUT2D eigenvalue weighted by molar-refractivity contribution is 0.0955. The second-order valence-electron chi connectivity index (χ2n) is 7.58. The molecule has 1 aliphatic rings. The molecule has 5 nitrogen and oxygen atoms in total. The Labute approximate surface area is 174 Å². The van der Waals surface area contributed by atoms with Gasteiger partial charge in [-0.1, -0.05) is 42.5 Å². The molecule has 3 rings (SSSR count). The van der Waals surface area contributed by atoms with Crippen molar-refractivity contribution in [2.24, 2.45) is 10.9 Å². The van der Waals surface area contributed by atoms with Gasteiger partial charge in [-0.05, 0) is 55.4 Å². The molecule has 1 saturated heterocycles. The summed E-state index contributed by atoms with van der Waals surface area (Å²) in [5.74, 6) is 1.64. The molecule has 0 radical (unpaired) electrons. The zero-order valence-electron chi connectivity index (χ0n) is 17.5. The van der Waals surface area contributed by atoms with E-state index >= 15 is 0 Å². The molecule has 2 aromatic rings. The lowest BCUT2D eigenvalue weighted by Crippen LogP contribution is -2.45. The molecule has 2 aromatic carbocycles. The van der Waals surface area contributed by atoms with Gasteiger partial charge in [-0.3, -0.25) is 9.79 Å². The number of benzene rings is 2. The van der Waals surface area contributed by atoms with E-state index in [-0.39, 0.29) is 5.91 Å². The second-order valence-corrected chi connectivity index (χ2v) is 7.58. The lowest BCUT2D eigenvalue weighted by Gasteiger charge is -2.34. The number of carbonyl (C=O) groups excluding carboxylic acids is 1. The Morgan fingerprint density at radius 1 is 1.03 bits per heavy atom. The van der Waals surface area contributed by atoms with E-state index in [4.69, 9.17) is 0 Å². The van der Waals surface area contributed by atoms with E-state index in [0.717, 1.165) is 37.0 Å². The molecule has 154 valence electrons. The molecular formula is C24H32N4O. The molecule has 0 atom stereocenters. The number of amides is 1. The van der Waals surface area contributed by atoms with Gasteiger partial charge in [0, 0.05) is 38.8 Å². The van der Waals surface area contributed by atoms with Crippen LogP contribution in [0.2, 0.25) is 0 Å². The van der Waals surface area contributed by atoms with Crippen LogP contribution in [-0.4, -0.2) is 43.4 Å². The number of guanidine groups is 1. The van der Waals surface area contributed by atoms with Gasteiger partial charge in [0.2, 0.25) is 0 Å². The van der Waals surface area contributed by atoms with Crippen LogP contribution in [0.1, 0.15) is 41.3 Å². The fourth-order valence-electron chi connectivity index (χ4n) is 3.89. The molecule has 1 amide bonds. The van der Waals surface area contributed by atoms with Gasteiger partial charge in [0.05, 0.1) is 0 Å². The van der Waals surface area contributed by atoms with Crippen LogP contribution < -0.4 is 10.6 Å². The highest BCUT2D eigenvalue weighted by Crippen LogP contribution is 2.21. The first-order valence-corrected chi connectivity index (χ1v) is 10.6. The summed E-state index contributed by atoms with van der Waals surface area (Å²) < 4.78 is 0. The second kappa shape index (κ2) is 10.6. The monoisotopic (exact) mass is 392 g/mol. The number of hydrogen-bond acceptors (Lipinski definition) is 2. The Kier molecular flexibility index (Phi) is 7.68. The van der Waals surface area contributed by atoms with E-state index in [0.29, 0.717) is 18.7 Å². The van der Waals surface area contributed by atoms with E-state index in [1.165, 1.54) is 18.4 Å². The van der Waals surface area contributed by atoms with Crippen molar-refractivity contribution in [3.8, 4) is 0 Å². The topological polar surface area (TPSA) is 56.7 Å². The number of piperidine rings is 1. The average molecular weight is 393 g/mol. The molecule has 1 fully saturated rings. The van der Waals surface area contributed by atoms with Crippen LogP contribution in [0.3, 0.4) is 0 Å². The first-order valence-electron chi connectivity index (χ1n) is 10.6. The minimum atomic E-state index is -0.0285. The molecule has 29 heavy (non-hydrogen) atoms. The predicted molar refractivity (Wildman–Crippen MR) is 119 cm³/mol. The van der Waals surface area contributed by atoms with Crippen molar-refractivity contribution >= 4 is 11.9 Å². The third-order valence-corrected chi connectivity index (χ3v) is 5.47. The third-order valence-electron chi connectivity index (χ3n) is 5.47. The first kappa shape index (κ1) is 20.9. The zero-order valence-corrected chi connectivity index (χ0v) is 17.5. The van der Waals surface area contributed by atoms with Gasteiger partial charge in [-0.2, -0.15) is 0 Å². The van der Waals surface area contributed by atoms with Crippen molar-refractivity contribution in [2.75, 3.05) is 26.7 Å². The Morgan fingerprint density at radius 3 is 2.45 bits per heavy atom. The summed E-state index contributed by atoms with van der Waals surface area (Å²) in [6.07, 6.45) is 3.53. The molecule has 0 aromatic heterocycles. The van der Waals surface area contributed by atoms with Gasteiger partial charge in [0.1, 0.15) is 0 Å². The summed E-state index contributed by atoms with van der Waals surface area (Å²) in [7, 11) is 1.84. The fraction of sp³-hybridized carbons (Fsp3) is 0.417. The van der Waals surface area contributed by atoms with Gasteiger partial charge < -0.3 is 15.5 Å². The van der Waals surface area contributed by atoms with Crippen molar-refractivity contribution < 1.29 is 4.79 Å². The summed E-state index contributed by atoms with van der Waals surface area (Å²) >= 11 is 0. The van der Waals surface area contributed by atoms with Gasteiger partial charge >= 0.3 is 0 Å². The molecule has 0 bridgehead atoms. The van der Waals surface area contributed by atoms with Crippen LogP contribution in [0, 0.1) is 5.92 Å². The molecule has 0 aliphatic carbocycles. The number of carbonyl (C=O) groups is 1. The van der Waals surface area contributed by atoms with Crippen LogP contribution in [-0.2, 0) is 13.0 Å². The predicted octanol–water partition coefficient (Wildman–Crippen LogP) is 3.47. The standard InChI is InChI=1S/C24H32N4O/c1-3-26-23(29)22-11-7-10-21(17-22)18-27-24(25-2)28-14-12-20(13-15-28)16-19-8-5-4-6-9-19/h4-11,17,20H,3,12-16,18H2,1-2H3,(H,25,27)(H,26,29). The van der Waals surface area contributed by atoms with Gasteiger partial charge in [-0.15, -0.1) is 0 Å².